The number of esters is 3. The normalized spacial score (nSPS) is 17.9. The maximum absolute atomic E-state index is 13.6. The molecule has 1 unspecified atom stereocenters. The number of carbonyl (C=O) groups excluding carboxylic acids is 5. The maximum atomic E-state index is 13.6. The predicted octanol–water partition coefficient (Wildman–Crippen LogP) is 1.08. The Morgan fingerprint density at radius 2 is 1.52 bits per heavy atom. The van der Waals surface area contributed by atoms with Crippen molar-refractivity contribution in [3.8, 4) is 0 Å². The topological polar surface area (TPSA) is 126 Å². The predicted molar refractivity (Wildman–Crippen MR) is 104 cm³/mol. The van der Waals surface area contributed by atoms with Gasteiger partial charge in [-0.2, -0.15) is 0 Å². The molecule has 10 nitrogen and oxygen atoms in total. The lowest BCUT2D eigenvalue weighted by Gasteiger charge is -2.41. The zero-order valence-electron chi connectivity index (χ0n) is 18.1. The summed E-state index contributed by atoms with van der Waals surface area (Å²) in [5.41, 5.74) is -2.19. The molecule has 1 aromatic rings. The number of hydroxylamine groups is 2. The first-order valence-corrected chi connectivity index (χ1v) is 9.76. The van der Waals surface area contributed by atoms with Crippen LogP contribution >= 0.6 is 0 Å². The van der Waals surface area contributed by atoms with Gasteiger partial charge in [-0.25, -0.2) is 0 Å². The largest absolute Gasteiger partial charge is 0.465 e. The number of hydrogen-bond donors (Lipinski definition) is 0. The molecular formula is C21H25NO9. The molecule has 31 heavy (non-hydrogen) atoms. The summed E-state index contributed by atoms with van der Waals surface area (Å²) >= 11 is 0. The number of carbonyl (C=O) groups is 5. The molecule has 1 aliphatic heterocycles. The Hall–Kier alpha value is -3.27. The Morgan fingerprint density at radius 3 is 2.00 bits per heavy atom. The van der Waals surface area contributed by atoms with Gasteiger partial charge in [-0.1, -0.05) is 17.7 Å². The van der Waals surface area contributed by atoms with Crippen LogP contribution in [0.3, 0.4) is 0 Å². The van der Waals surface area contributed by atoms with Gasteiger partial charge in [-0.15, -0.1) is 5.06 Å². The Morgan fingerprint density at radius 1 is 0.968 bits per heavy atom. The van der Waals surface area contributed by atoms with E-state index in [1.807, 2.05) is 0 Å². The number of hydrogen-bond acceptors (Lipinski definition) is 9. The van der Waals surface area contributed by atoms with E-state index in [2.05, 4.69) is 0 Å². The lowest BCUT2D eigenvalue weighted by molar-refractivity contribution is -0.190. The number of imide groups is 1. The van der Waals surface area contributed by atoms with Crippen molar-refractivity contribution in [2.45, 2.75) is 33.1 Å². The van der Waals surface area contributed by atoms with E-state index in [9.17, 15) is 24.0 Å². The molecule has 1 aromatic carbocycles. The Bertz CT molecular complexity index is 892. The molecule has 0 radical (unpaired) electrons. The fourth-order valence-corrected chi connectivity index (χ4v) is 3.56. The molecule has 0 spiro atoms. The number of rotatable bonds is 8. The smallest absolute Gasteiger partial charge is 0.327 e. The van der Waals surface area contributed by atoms with Crippen LogP contribution in [0.5, 0.6) is 0 Å². The van der Waals surface area contributed by atoms with E-state index in [0.29, 0.717) is 10.6 Å². The highest BCUT2D eigenvalue weighted by Crippen LogP contribution is 2.43. The molecule has 0 saturated carbocycles. The average molecular weight is 435 g/mol. The summed E-state index contributed by atoms with van der Waals surface area (Å²) in [7, 11) is 1.05. The highest BCUT2D eigenvalue weighted by atomic mass is 16.7. The summed E-state index contributed by atoms with van der Waals surface area (Å²) in [4.78, 5) is 70.7. The third kappa shape index (κ3) is 3.90. The number of nitrogens with zero attached hydrogens (tertiary/aromatic N) is 1. The standard InChI is InChI=1S/C21H25NO9/c1-6-29-17(24)15(18(25)30-7-2)21(20(27)31-8-3)14-10-9-12(4)11-13(14)16(23)22(28-5)19(21)26/h9-11,15H,6-8H2,1-5H3. The summed E-state index contributed by atoms with van der Waals surface area (Å²) in [6, 6.07) is 4.32. The Kier molecular flexibility index (Phi) is 7.50. The molecule has 168 valence electrons. The van der Waals surface area contributed by atoms with Crippen LogP contribution in [0.1, 0.15) is 42.3 Å². The average Bonchev–Trinajstić information content (AvgIpc) is 2.72. The van der Waals surface area contributed by atoms with Crippen LogP contribution in [0.25, 0.3) is 0 Å². The molecule has 2 rings (SSSR count). The van der Waals surface area contributed by atoms with Gasteiger partial charge >= 0.3 is 17.9 Å². The van der Waals surface area contributed by atoms with Crippen molar-refractivity contribution in [3.63, 3.8) is 0 Å². The minimum atomic E-state index is -2.58. The SMILES string of the molecule is CCOC(=O)C(C(=O)OCC)C1(C(=O)OCC)C(=O)N(OC)C(=O)c2cc(C)ccc21. The molecule has 0 saturated heterocycles. The highest BCUT2D eigenvalue weighted by molar-refractivity contribution is 6.25. The summed E-state index contributed by atoms with van der Waals surface area (Å²) in [5.74, 6) is -7.70. The third-order valence-electron chi connectivity index (χ3n) is 4.79. The molecule has 1 atom stereocenters. The van der Waals surface area contributed by atoms with Gasteiger partial charge in [-0.05, 0) is 39.3 Å². The van der Waals surface area contributed by atoms with E-state index in [0.717, 1.165) is 7.11 Å². The maximum Gasteiger partial charge on any atom is 0.327 e. The monoisotopic (exact) mass is 435 g/mol. The van der Waals surface area contributed by atoms with Crippen molar-refractivity contribution in [3.05, 3.63) is 34.9 Å². The first-order valence-electron chi connectivity index (χ1n) is 9.76. The Labute approximate surface area is 179 Å². The van der Waals surface area contributed by atoms with E-state index in [-0.39, 0.29) is 30.9 Å². The molecule has 1 heterocycles. The second-order valence-corrected chi connectivity index (χ2v) is 6.60. The molecule has 10 heteroatoms. The number of aryl methyl sites for hydroxylation is 1. The molecule has 0 aliphatic carbocycles. The zero-order chi connectivity index (χ0) is 23.3. The second-order valence-electron chi connectivity index (χ2n) is 6.60. The molecule has 0 aromatic heterocycles. The number of benzene rings is 1. The second kappa shape index (κ2) is 9.69. The van der Waals surface area contributed by atoms with E-state index >= 15 is 0 Å². The van der Waals surface area contributed by atoms with Crippen molar-refractivity contribution >= 4 is 29.7 Å². The van der Waals surface area contributed by atoms with Crippen molar-refractivity contribution < 1.29 is 43.0 Å². The summed E-state index contributed by atoms with van der Waals surface area (Å²) in [5, 5.41) is 0.337. The lowest BCUT2D eigenvalue weighted by atomic mass is 9.65. The van der Waals surface area contributed by atoms with E-state index < -0.39 is 41.1 Å². The third-order valence-corrected chi connectivity index (χ3v) is 4.79. The first kappa shape index (κ1) is 24.0. The number of ether oxygens (including phenoxy) is 3. The number of fused-ring (bicyclic) bond motifs is 1. The van der Waals surface area contributed by atoms with Crippen LogP contribution in [0.15, 0.2) is 18.2 Å². The van der Waals surface area contributed by atoms with Crippen LogP contribution in [-0.2, 0) is 43.6 Å². The van der Waals surface area contributed by atoms with E-state index in [4.69, 9.17) is 19.0 Å². The molecule has 0 fully saturated rings. The summed E-state index contributed by atoms with van der Waals surface area (Å²) in [6.45, 7) is 5.78. The Balaban J connectivity index is 2.98. The van der Waals surface area contributed by atoms with Gasteiger partial charge in [-0.3, -0.25) is 28.8 Å². The molecular weight excluding hydrogens is 410 g/mol. The van der Waals surface area contributed by atoms with Crippen LogP contribution in [-0.4, -0.2) is 61.7 Å². The van der Waals surface area contributed by atoms with E-state index in [1.165, 1.54) is 32.9 Å². The highest BCUT2D eigenvalue weighted by Gasteiger charge is 2.67. The molecule has 1 aliphatic rings. The quantitative estimate of drug-likeness (QED) is 0.255. The minimum Gasteiger partial charge on any atom is -0.465 e. The van der Waals surface area contributed by atoms with Crippen LogP contribution in [0, 0.1) is 12.8 Å². The van der Waals surface area contributed by atoms with Crippen molar-refractivity contribution in [2.75, 3.05) is 26.9 Å². The van der Waals surface area contributed by atoms with Gasteiger partial charge in [0.1, 0.15) is 0 Å². The van der Waals surface area contributed by atoms with Crippen LogP contribution < -0.4 is 0 Å². The first-order chi connectivity index (χ1) is 14.7. The van der Waals surface area contributed by atoms with Gasteiger partial charge in [0.25, 0.3) is 11.8 Å². The van der Waals surface area contributed by atoms with Crippen LogP contribution in [0.2, 0.25) is 0 Å². The van der Waals surface area contributed by atoms with Crippen molar-refractivity contribution in [1.29, 1.82) is 0 Å². The van der Waals surface area contributed by atoms with Gasteiger partial charge in [0.15, 0.2) is 11.3 Å². The fourth-order valence-electron chi connectivity index (χ4n) is 3.56. The summed E-state index contributed by atoms with van der Waals surface area (Å²) in [6.07, 6.45) is 0. The summed E-state index contributed by atoms with van der Waals surface area (Å²) < 4.78 is 15.2. The van der Waals surface area contributed by atoms with Crippen LogP contribution in [0.4, 0.5) is 0 Å². The van der Waals surface area contributed by atoms with Gasteiger partial charge < -0.3 is 14.2 Å². The van der Waals surface area contributed by atoms with E-state index in [1.54, 1.807) is 13.0 Å². The molecule has 2 amide bonds. The lowest BCUT2D eigenvalue weighted by Crippen LogP contribution is -2.65. The fraction of sp³-hybridized carbons (Fsp3) is 0.476. The van der Waals surface area contributed by atoms with Gasteiger partial charge in [0, 0.05) is 5.56 Å². The minimum absolute atomic E-state index is 0.0897. The number of amides is 2. The van der Waals surface area contributed by atoms with Crippen molar-refractivity contribution in [2.24, 2.45) is 5.92 Å². The van der Waals surface area contributed by atoms with Crippen molar-refractivity contribution in [1.82, 2.24) is 5.06 Å². The van der Waals surface area contributed by atoms with Gasteiger partial charge in [0.2, 0.25) is 0 Å². The molecule has 0 bridgehead atoms. The molecule has 0 N–H and O–H groups in total. The van der Waals surface area contributed by atoms with Gasteiger partial charge in [0.05, 0.1) is 26.9 Å². The zero-order valence-corrected chi connectivity index (χ0v) is 18.1.